The molecule has 0 saturated heterocycles. The molecular formula is C45H23F9N2O. The number of fused-ring (bicyclic) bond motifs is 2. The van der Waals surface area contributed by atoms with Gasteiger partial charge in [0.05, 0.1) is 28.3 Å². The van der Waals surface area contributed by atoms with Crippen LogP contribution in [0.5, 0.6) is 0 Å². The average molecular weight is 779 g/mol. The molecule has 8 aromatic rings. The standard InChI is InChI=1S/C45H23F9N2O/c46-43(47,48)37-3-1-2-28(20-37)33-17-34(19-35(18-33)36-21-38(44(49,50)51)23-39(22-36)45(52,53)54)32-12-11-30-15-29(9-10-31(30)16-32)26-5-7-27(8-6-26)42-56-40-13-4-25(24-55)14-41(40)57-42/h1-23H. The lowest BCUT2D eigenvalue weighted by Crippen LogP contribution is -2.11. The second kappa shape index (κ2) is 13.7. The van der Waals surface area contributed by atoms with Gasteiger partial charge < -0.3 is 4.42 Å². The van der Waals surface area contributed by atoms with Gasteiger partial charge in [-0.1, -0.05) is 48.5 Å². The van der Waals surface area contributed by atoms with Gasteiger partial charge in [-0.3, -0.25) is 0 Å². The van der Waals surface area contributed by atoms with E-state index in [2.05, 4.69) is 11.1 Å². The van der Waals surface area contributed by atoms with E-state index < -0.39 is 40.8 Å². The summed E-state index contributed by atoms with van der Waals surface area (Å²) < 4.78 is 130. The number of nitriles is 1. The number of hydrogen-bond donors (Lipinski definition) is 0. The third-order valence-electron chi connectivity index (χ3n) is 9.53. The number of halogens is 9. The highest BCUT2D eigenvalue weighted by Crippen LogP contribution is 2.42. The van der Waals surface area contributed by atoms with Crippen LogP contribution in [0, 0.1) is 11.3 Å². The van der Waals surface area contributed by atoms with Gasteiger partial charge in [0.2, 0.25) is 5.89 Å². The Morgan fingerprint density at radius 3 is 1.46 bits per heavy atom. The van der Waals surface area contributed by atoms with Crippen LogP contribution >= 0.6 is 0 Å². The van der Waals surface area contributed by atoms with E-state index >= 15 is 0 Å². The van der Waals surface area contributed by atoms with Crippen LogP contribution in [0.15, 0.2) is 144 Å². The lowest BCUT2D eigenvalue weighted by molar-refractivity contribution is -0.143. The maximum absolute atomic E-state index is 13.8. The molecule has 7 aromatic carbocycles. The summed E-state index contributed by atoms with van der Waals surface area (Å²) in [5.74, 6) is 0.395. The van der Waals surface area contributed by atoms with E-state index in [0.717, 1.165) is 39.6 Å². The van der Waals surface area contributed by atoms with Crippen molar-refractivity contribution in [2.24, 2.45) is 0 Å². The van der Waals surface area contributed by atoms with Crippen LogP contribution in [-0.4, -0.2) is 4.98 Å². The smallest absolute Gasteiger partial charge is 0.416 e. The van der Waals surface area contributed by atoms with Crippen LogP contribution in [-0.2, 0) is 18.5 Å². The van der Waals surface area contributed by atoms with Gasteiger partial charge in [0.1, 0.15) is 5.52 Å². The van der Waals surface area contributed by atoms with Gasteiger partial charge in [0, 0.05) is 11.6 Å². The molecule has 1 aromatic heterocycles. The van der Waals surface area contributed by atoms with Crippen molar-refractivity contribution in [3.63, 3.8) is 0 Å². The highest BCUT2D eigenvalue weighted by molar-refractivity contribution is 5.92. The van der Waals surface area contributed by atoms with Gasteiger partial charge in [-0.2, -0.15) is 44.8 Å². The minimum atomic E-state index is -5.10. The Kier molecular flexibility index (Phi) is 8.91. The molecule has 1 heterocycles. The fourth-order valence-electron chi connectivity index (χ4n) is 6.65. The number of oxazole rings is 1. The predicted molar refractivity (Wildman–Crippen MR) is 198 cm³/mol. The number of benzene rings is 7. The molecule has 8 rings (SSSR count). The normalized spacial score (nSPS) is 12.3. The van der Waals surface area contributed by atoms with Crippen LogP contribution in [0.2, 0.25) is 0 Å². The van der Waals surface area contributed by atoms with Gasteiger partial charge >= 0.3 is 18.5 Å². The first kappa shape index (κ1) is 37.1. The molecule has 0 bridgehead atoms. The Bertz CT molecular complexity index is 2850. The van der Waals surface area contributed by atoms with Crippen molar-refractivity contribution in [2.75, 3.05) is 0 Å². The van der Waals surface area contributed by atoms with E-state index in [-0.39, 0.29) is 22.8 Å². The lowest BCUT2D eigenvalue weighted by Gasteiger charge is -2.17. The van der Waals surface area contributed by atoms with Crippen molar-refractivity contribution in [3.05, 3.63) is 162 Å². The van der Waals surface area contributed by atoms with Crippen LogP contribution < -0.4 is 0 Å². The summed E-state index contributed by atoms with van der Waals surface area (Å²) in [5.41, 5.74) is 0.678. The zero-order valence-electron chi connectivity index (χ0n) is 29.0. The van der Waals surface area contributed by atoms with Crippen molar-refractivity contribution >= 4 is 21.9 Å². The molecule has 0 aliphatic heterocycles. The van der Waals surface area contributed by atoms with Gasteiger partial charge in [0.25, 0.3) is 0 Å². The second-order valence-electron chi connectivity index (χ2n) is 13.3. The number of rotatable bonds is 5. The van der Waals surface area contributed by atoms with Crippen molar-refractivity contribution in [1.29, 1.82) is 5.26 Å². The topological polar surface area (TPSA) is 49.8 Å². The highest BCUT2D eigenvalue weighted by atomic mass is 19.4. The van der Waals surface area contributed by atoms with E-state index in [4.69, 9.17) is 4.42 Å². The summed E-state index contributed by atoms with van der Waals surface area (Å²) in [6.45, 7) is 0. The molecule has 12 heteroatoms. The highest BCUT2D eigenvalue weighted by Gasteiger charge is 2.37. The molecule has 0 aliphatic carbocycles. The van der Waals surface area contributed by atoms with Gasteiger partial charge in [-0.05, 0) is 140 Å². The zero-order chi connectivity index (χ0) is 40.3. The molecule has 0 atom stereocenters. The second-order valence-corrected chi connectivity index (χ2v) is 13.3. The Hall–Kier alpha value is -6.87. The first-order chi connectivity index (χ1) is 27.0. The van der Waals surface area contributed by atoms with Gasteiger partial charge in [-0.15, -0.1) is 0 Å². The number of aromatic nitrogens is 1. The largest absolute Gasteiger partial charge is 0.436 e. The van der Waals surface area contributed by atoms with Crippen LogP contribution in [0.4, 0.5) is 39.5 Å². The maximum atomic E-state index is 13.8. The summed E-state index contributed by atoms with van der Waals surface area (Å²) in [5, 5.41) is 10.7. The summed E-state index contributed by atoms with van der Waals surface area (Å²) >= 11 is 0. The minimum absolute atomic E-state index is 0.0255. The Morgan fingerprint density at radius 2 is 0.895 bits per heavy atom. The molecular weight excluding hydrogens is 755 g/mol. The fourth-order valence-corrected chi connectivity index (χ4v) is 6.65. The van der Waals surface area contributed by atoms with E-state index in [1.807, 2.05) is 42.5 Å². The van der Waals surface area contributed by atoms with Crippen molar-refractivity contribution < 1.29 is 43.9 Å². The molecule has 0 fully saturated rings. The lowest BCUT2D eigenvalue weighted by atomic mass is 9.90. The quantitative estimate of drug-likeness (QED) is 0.164. The average Bonchev–Trinajstić information content (AvgIpc) is 3.63. The molecule has 282 valence electrons. The fraction of sp³-hybridized carbons (Fsp3) is 0.0667. The third-order valence-corrected chi connectivity index (χ3v) is 9.53. The molecule has 0 saturated carbocycles. The molecule has 0 N–H and O–H groups in total. The van der Waals surface area contributed by atoms with E-state index in [1.165, 1.54) is 24.3 Å². The van der Waals surface area contributed by atoms with Gasteiger partial charge in [0.15, 0.2) is 5.58 Å². The predicted octanol–water partition coefficient (Wildman–Crippen LogP) is 14.2. The summed E-state index contributed by atoms with van der Waals surface area (Å²) in [4.78, 5) is 4.51. The Labute approximate surface area is 317 Å². The van der Waals surface area contributed by atoms with Crippen molar-refractivity contribution in [3.8, 4) is 62.0 Å². The Balaban J connectivity index is 1.18. The minimum Gasteiger partial charge on any atom is -0.436 e. The molecule has 0 spiro atoms. The monoisotopic (exact) mass is 778 g/mol. The third kappa shape index (κ3) is 7.56. The molecule has 3 nitrogen and oxygen atoms in total. The first-order valence-corrected chi connectivity index (χ1v) is 17.1. The van der Waals surface area contributed by atoms with Crippen LogP contribution in [0.3, 0.4) is 0 Å². The zero-order valence-corrected chi connectivity index (χ0v) is 29.0. The van der Waals surface area contributed by atoms with E-state index in [9.17, 15) is 44.8 Å². The van der Waals surface area contributed by atoms with E-state index in [0.29, 0.717) is 45.8 Å². The molecule has 57 heavy (non-hydrogen) atoms. The molecule has 0 aliphatic rings. The van der Waals surface area contributed by atoms with Gasteiger partial charge in [-0.25, -0.2) is 4.98 Å². The van der Waals surface area contributed by atoms with Crippen LogP contribution in [0.25, 0.3) is 77.8 Å². The van der Waals surface area contributed by atoms with Crippen LogP contribution in [0.1, 0.15) is 22.3 Å². The Morgan fingerprint density at radius 1 is 0.421 bits per heavy atom. The number of alkyl halides is 9. The summed E-state index contributed by atoms with van der Waals surface area (Å²) in [6.07, 6.45) is -14.9. The summed E-state index contributed by atoms with van der Waals surface area (Å²) in [6, 6.07) is 35.4. The number of nitrogens with zero attached hydrogens (tertiary/aromatic N) is 2. The molecule has 0 amide bonds. The summed E-state index contributed by atoms with van der Waals surface area (Å²) in [7, 11) is 0. The number of hydrogen-bond acceptors (Lipinski definition) is 3. The van der Waals surface area contributed by atoms with E-state index in [1.54, 1.807) is 42.5 Å². The molecule has 0 radical (unpaired) electrons. The first-order valence-electron chi connectivity index (χ1n) is 17.1. The van der Waals surface area contributed by atoms with Crippen molar-refractivity contribution in [2.45, 2.75) is 18.5 Å². The SMILES string of the molecule is N#Cc1ccc2nc(-c3ccc(-c4ccc5cc(-c6cc(-c7cccc(C(F)(F)F)c7)cc(-c7cc(C(F)(F)F)cc(C(F)(F)F)c7)c6)ccc5c4)cc3)oc2c1. The maximum Gasteiger partial charge on any atom is 0.416 e. The van der Waals surface area contributed by atoms with Crippen molar-refractivity contribution in [1.82, 2.24) is 4.98 Å². The molecule has 0 unspecified atom stereocenters.